The second-order valence-corrected chi connectivity index (χ2v) is 8.39. The van der Waals surface area contributed by atoms with Crippen LogP contribution in [0, 0.1) is 11.6 Å². The number of benzene rings is 2. The second-order valence-electron chi connectivity index (χ2n) is 8.39. The molecular formula is C23H22F4N4O. The molecular weight excluding hydrogens is 424 g/mol. The summed E-state index contributed by atoms with van der Waals surface area (Å²) in [6, 6.07) is 9.61. The summed E-state index contributed by atoms with van der Waals surface area (Å²) in [4.78, 5) is 4.01. The third-order valence-electron chi connectivity index (χ3n) is 5.81. The lowest BCUT2D eigenvalue weighted by molar-refractivity contribution is -0.214. The van der Waals surface area contributed by atoms with E-state index in [9.17, 15) is 8.78 Å². The lowest BCUT2D eigenvalue weighted by Gasteiger charge is -2.42. The van der Waals surface area contributed by atoms with Crippen molar-refractivity contribution in [3.63, 3.8) is 0 Å². The van der Waals surface area contributed by atoms with Crippen LogP contribution in [0.4, 0.5) is 17.6 Å². The lowest BCUT2D eigenvalue weighted by atomic mass is 9.77. The van der Waals surface area contributed by atoms with E-state index in [0.717, 1.165) is 13.0 Å². The summed E-state index contributed by atoms with van der Waals surface area (Å²) in [5.74, 6) is -4.95. The summed E-state index contributed by atoms with van der Waals surface area (Å²) < 4.78 is 66.2. The first-order chi connectivity index (χ1) is 14.9. The monoisotopic (exact) mass is 446 g/mol. The predicted molar refractivity (Wildman–Crippen MR) is 113 cm³/mol. The third-order valence-corrected chi connectivity index (χ3v) is 5.81. The molecule has 3 aromatic rings. The fourth-order valence-corrected chi connectivity index (χ4v) is 3.84. The minimum Gasteiger partial charge on any atom is -0.385 e. The first kappa shape index (κ1) is 22.0. The molecule has 0 aliphatic carbocycles. The lowest BCUT2D eigenvalue weighted by Crippen LogP contribution is -2.56. The van der Waals surface area contributed by atoms with Gasteiger partial charge in [-0.05, 0) is 62.7 Å². The van der Waals surface area contributed by atoms with Gasteiger partial charge in [0.05, 0.1) is 11.9 Å². The van der Waals surface area contributed by atoms with Crippen LogP contribution in [-0.2, 0) is 10.3 Å². The molecule has 1 aliphatic rings. The van der Waals surface area contributed by atoms with Crippen molar-refractivity contribution >= 4 is 5.84 Å². The molecule has 0 amide bonds. The number of amidine groups is 1. The maximum absolute atomic E-state index is 15.6. The number of aliphatic imine (C=N–C) groups is 1. The molecule has 0 saturated heterocycles. The van der Waals surface area contributed by atoms with Crippen LogP contribution in [0.25, 0.3) is 16.8 Å². The Morgan fingerprint density at radius 3 is 2.38 bits per heavy atom. The number of ether oxygens (including phenoxy) is 1. The van der Waals surface area contributed by atoms with Crippen molar-refractivity contribution in [3.8, 4) is 16.8 Å². The summed E-state index contributed by atoms with van der Waals surface area (Å²) in [6.07, 6.45) is 3.15. The SMILES string of the molecule is CC1(C)OCC(N)=N[C@](C)(c2cc(-c3cnn(-c4ccc(F)cc4)c3)ccc2F)C1(F)F. The molecule has 9 heteroatoms. The van der Waals surface area contributed by atoms with Gasteiger partial charge in [-0.15, -0.1) is 0 Å². The Labute approximate surface area is 182 Å². The third kappa shape index (κ3) is 3.46. The average molecular weight is 446 g/mol. The summed E-state index contributed by atoms with van der Waals surface area (Å²) >= 11 is 0. The molecule has 0 saturated carbocycles. The summed E-state index contributed by atoms with van der Waals surface area (Å²) in [5, 5.41) is 4.24. The standard InChI is InChI=1S/C23H22F4N4O/c1-21(2)23(26,27)22(3,30-20(28)13-32-21)18-10-14(4-9-19(18)25)15-11-29-31(12-15)17-7-5-16(24)6-8-17/h4-12H,13H2,1-3H3,(H2,28,30)/t22-/m1/s1. The van der Waals surface area contributed by atoms with Gasteiger partial charge in [-0.2, -0.15) is 5.10 Å². The molecule has 0 radical (unpaired) electrons. The van der Waals surface area contributed by atoms with Crippen LogP contribution in [0.1, 0.15) is 26.3 Å². The number of hydrogen-bond acceptors (Lipinski definition) is 4. The van der Waals surface area contributed by atoms with Crippen molar-refractivity contribution in [2.45, 2.75) is 37.8 Å². The molecule has 1 aromatic heterocycles. The average Bonchev–Trinajstić information content (AvgIpc) is 3.21. The van der Waals surface area contributed by atoms with Gasteiger partial charge in [0, 0.05) is 17.3 Å². The molecule has 0 unspecified atom stereocenters. The Morgan fingerprint density at radius 1 is 1.00 bits per heavy atom. The first-order valence-electron chi connectivity index (χ1n) is 9.91. The van der Waals surface area contributed by atoms with E-state index in [0.29, 0.717) is 16.8 Å². The number of rotatable bonds is 3. The largest absolute Gasteiger partial charge is 0.385 e. The molecule has 2 N–H and O–H groups in total. The zero-order chi connectivity index (χ0) is 23.3. The number of nitrogens with two attached hydrogens (primary N) is 1. The van der Waals surface area contributed by atoms with Crippen LogP contribution in [0.15, 0.2) is 59.9 Å². The van der Waals surface area contributed by atoms with Gasteiger partial charge in [-0.1, -0.05) is 6.07 Å². The van der Waals surface area contributed by atoms with E-state index in [-0.39, 0.29) is 23.8 Å². The zero-order valence-corrected chi connectivity index (χ0v) is 17.7. The molecule has 0 fully saturated rings. The minimum atomic E-state index is -3.58. The molecule has 0 bridgehead atoms. The highest BCUT2D eigenvalue weighted by Crippen LogP contribution is 2.51. The van der Waals surface area contributed by atoms with Crippen molar-refractivity contribution in [1.82, 2.24) is 9.78 Å². The van der Waals surface area contributed by atoms with E-state index in [1.54, 1.807) is 18.3 Å². The van der Waals surface area contributed by atoms with Crippen molar-refractivity contribution < 1.29 is 22.3 Å². The number of hydrogen-bond donors (Lipinski definition) is 1. The van der Waals surface area contributed by atoms with E-state index in [2.05, 4.69) is 10.1 Å². The maximum Gasteiger partial charge on any atom is 0.304 e. The zero-order valence-electron chi connectivity index (χ0n) is 17.7. The van der Waals surface area contributed by atoms with Crippen LogP contribution < -0.4 is 5.73 Å². The van der Waals surface area contributed by atoms with Crippen LogP contribution in [-0.4, -0.2) is 33.7 Å². The molecule has 1 aliphatic heterocycles. The fourth-order valence-electron chi connectivity index (χ4n) is 3.84. The Balaban J connectivity index is 1.81. The van der Waals surface area contributed by atoms with E-state index >= 15 is 8.78 Å². The first-order valence-corrected chi connectivity index (χ1v) is 9.91. The number of nitrogens with zero attached hydrogens (tertiary/aromatic N) is 3. The molecule has 168 valence electrons. The Bertz CT molecular complexity index is 1190. The smallest absolute Gasteiger partial charge is 0.304 e. The maximum atomic E-state index is 15.6. The van der Waals surface area contributed by atoms with E-state index in [1.165, 1.54) is 49.0 Å². The van der Waals surface area contributed by atoms with Gasteiger partial charge in [-0.25, -0.2) is 22.2 Å². The molecule has 1 atom stereocenters. The van der Waals surface area contributed by atoms with Crippen molar-refractivity contribution in [1.29, 1.82) is 0 Å². The van der Waals surface area contributed by atoms with Gasteiger partial charge in [0.1, 0.15) is 29.7 Å². The van der Waals surface area contributed by atoms with E-state index in [1.807, 2.05) is 0 Å². The molecule has 2 aromatic carbocycles. The van der Waals surface area contributed by atoms with Gasteiger partial charge < -0.3 is 10.5 Å². The Kier molecular flexibility index (Phi) is 5.12. The normalized spacial score (nSPS) is 22.3. The van der Waals surface area contributed by atoms with Gasteiger partial charge >= 0.3 is 5.92 Å². The number of aromatic nitrogens is 2. The van der Waals surface area contributed by atoms with Gasteiger partial charge in [0.15, 0.2) is 5.54 Å². The molecule has 4 rings (SSSR count). The molecule has 5 nitrogen and oxygen atoms in total. The topological polar surface area (TPSA) is 65.4 Å². The van der Waals surface area contributed by atoms with Crippen molar-refractivity contribution in [2.75, 3.05) is 6.61 Å². The van der Waals surface area contributed by atoms with Gasteiger partial charge in [-0.3, -0.25) is 4.99 Å². The number of halogens is 4. The summed E-state index contributed by atoms with van der Waals surface area (Å²) in [5.41, 5.74) is 2.87. The van der Waals surface area contributed by atoms with Crippen LogP contribution in [0.3, 0.4) is 0 Å². The van der Waals surface area contributed by atoms with Crippen molar-refractivity contribution in [2.24, 2.45) is 10.7 Å². The highest BCUT2D eigenvalue weighted by molar-refractivity contribution is 5.82. The Hall–Kier alpha value is -3.20. The second kappa shape index (κ2) is 7.44. The van der Waals surface area contributed by atoms with Gasteiger partial charge in [0.2, 0.25) is 0 Å². The predicted octanol–water partition coefficient (Wildman–Crippen LogP) is 4.83. The van der Waals surface area contributed by atoms with E-state index < -0.39 is 22.9 Å². The van der Waals surface area contributed by atoms with Crippen LogP contribution >= 0.6 is 0 Å². The minimum absolute atomic E-state index is 0.147. The quantitative estimate of drug-likeness (QED) is 0.586. The van der Waals surface area contributed by atoms with Crippen LogP contribution in [0.2, 0.25) is 0 Å². The highest BCUT2D eigenvalue weighted by atomic mass is 19.3. The fraction of sp³-hybridized carbons (Fsp3) is 0.304. The van der Waals surface area contributed by atoms with Crippen molar-refractivity contribution in [3.05, 3.63) is 72.1 Å². The molecule has 2 heterocycles. The Morgan fingerprint density at radius 2 is 1.69 bits per heavy atom. The molecule has 0 spiro atoms. The highest BCUT2D eigenvalue weighted by Gasteiger charge is 2.63. The summed E-state index contributed by atoms with van der Waals surface area (Å²) in [6.45, 7) is 3.33. The number of alkyl halides is 2. The van der Waals surface area contributed by atoms with E-state index in [4.69, 9.17) is 10.5 Å². The summed E-state index contributed by atoms with van der Waals surface area (Å²) in [7, 11) is 0. The van der Waals surface area contributed by atoms with Crippen LogP contribution in [0.5, 0.6) is 0 Å². The van der Waals surface area contributed by atoms with Gasteiger partial charge in [0.25, 0.3) is 0 Å². The molecule has 32 heavy (non-hydrogen) atoms.